The summed E-state index contributed by atoms with van der Waals surface area (Å²) in [5.74, 6) is -0.331. The van der Waals surface area contributed by atoms with Crippen molar-refractivity contribution in [1.82, 2.24) is 0 Å². The number of aryl methyl sites for hydroxylation is 2. The van der Waals surface area contributed by atoms with Crippen LogP contribution >= 0.6 is 15.9 Å². The van der Waals surface area contributed by atoms with Gasteiger partial charge in [0.15, 0.2) is 0 Å². The van der Waals surface area contributed by atoms with Crippen molar-refractivity contribution in [3.8, 4) is 0 Å². The van der Waals surface area contributed by atoms with Gasteiger partial charge >= 0.3 is 0 Å². The normalized spacial score (nSPS) is 12.5. The van der Waals surface area contributed by atoms with E-state index in [0.717, 1.165) is 21.2 Å². The van der Waals surface area contributed by atoms with Gasteiger partial charge in [0.2, 0.25) is 0 Å². The third kappa shape index (κ3) is 3.43. The maximum atomic E-state index is 14.0. The van der Waals surface area contributed by atoms with E-state index in [0.29, 0.717) is 12.0 Å². The summed E-state index contributed by atoms with van der Waals surface area (Å²) in [4.78, 5) is 0. The monoisotopic (exact) mass is 322 g/mol. The average molecular weight is 323 g/mol. The Bertz CT molecular complexity index is 555. The molecule has 1 atom stereocenters. The van der Waals surface area contributed by atoms with Crippen LogP contribution < -0.4 is 0 Å². The van der Waals surface area contributed by atoms with Crippen molar-refractivity contribution in [1.29, 1.82) is 0 Å². The van der Waals surface area contributed by atoms with Crippen molar-refractivity contribution < 1.29 is 9.50 Å². The van der Waals surface area contributed by atoms with Crippen LogP contribution in [0, 0.1) is 19.7 Å². The predicted octanol–water partition coefficient (Wildman–Crippen LogP) is 4.48. The van der Waals surface area contributed by atoms with E-state index in [-0.39, 0.29) is 5.82 Å². The molecule has 0 spiro atoms. The van der Waals surface area contributed by atoms with Crippen LogP contribution in [0.2, 0.25) is 0 Å². The van der Waals surface area contributed by atoms with E-state index in [1.165, 1.54) is 6.07 Å². The smallest absolute Gasteiger partial charge is 0.129 e. The molecule has 0 aliphatic carbocycles. The first-order chi connectivity index (χ1) is 8.97. The van der Waals surface area contributed by atoms with Crippen LogP contribution in [0.5, 0.6) is 0 Å². The lowest BCUT2D eigenvalue weighted by Gasteiger charge is -2.15. The molecule has 0 amide bonds. The standard InChI is InChI=1S/C16H16BrFO/c1-10-7-11(2)16(14(18)8-10)15(19)9-12-3-5-13(17)6-4-12/h3-8,15,19H,9H2,1-2H3. The maximum Gasteiger partial charge on any atom is 0.129 e. The Labute approximate surface area is 121 Å². The summed E-state index contributed by atoms with van der Waals surface area (Å²) in [5.41, 5.74) is 3.04. The molecule has 2 aromatic carbocycles. The third-order valence-corrected chi connectivity index (χ3v) is 3.68. The Kier molecular flexibility index (Phi) is 4.38. The van der Waals surface area contributed by atoms with E-state index in [9.17, 15) is 9.50 Å². The highest BCUT2D eigenvalue weighted by atomic mass is 79.9. The van der Waals surface area contributed by atoms with Crippen LogP contribution in [0.15, 0.2) is 40.9 Å². The maximum absolute atomic E-state index is 14.0. The van der Waals surface area contributed by atoms with Gasteiger partial charge in [-0.1, -0.05) is 34.1 Å². The fourth-order valence-electron chi connectivity index (χ4n) is 2.29. The Hall–Kier alpha value is -1.19. The van der Waals surface area contributed by atoms with E-state index >= 15 is 0 Å². The molecule has 0 aliphatic heterocycles. The molecule has 0 saturated carbocycles. The highest BCUT2D eigenvalue weighted by Gasteiger charge is 2.16. The number of benzene rings is 2. The lowest BCUT2D eigenvalue weighted by Crippen LogP contribution is -2.07. The Morgan fingerprint density at radius 2 is 1.79 bits per heavy atom. The minimum absolute atomic E-state index is 0.331. The van der Waals surface area contributed by atoms with E-state index in [4.69, 9.17) is 0 Å². The highest BCUT2D eigenvalue weighted by molar-refractivity contribution is 9.10. The molecule has 19 heavy (non-hydrogen) atoms. The molecule has 1 N–H and O–H groups in total. The zero-order valence-corrected chi connectivity index (χ0v) is 12.5. The van der Waals surface area contributed by atoms with Crippen molar-refractivity contribution in [3.63, 3.8) is 0 Å². The van der Waals surface area contributed by atoms with Gasteiger partial charge < -0.3 is 5.11 Å². The first-order valence-corrected chi connectivity index (χ1v) is 6.96. The molecule has 1 unspecified atom stereocenters. The summed E-state index contributed by atoms with van der Waals surface area (Å²) in [5, 5.41) is 10.2. The van der Waals surface area contributed by atoms with Gasteiger partial charge in [-0.05, 0) is 48.7 Å². The van der Waals surface area contributed by atoms with Gasteiger partial charge in [0.1, 0.15) is 5.82 Å². The molecule has 1 nitrogen and oxygen atoms in total. The summed E-state index contributed by atoms with van der Waals surface area (Å²) in [7, 11) is 0. The zero-order chi connectivity index (χ0) is 14.0. The van der Waals surface area contributed by atoms with Crippen molar-refractivity contribution in [3.05, 3.63) is 68.9 Å². The number of aliphatic hydroxyl groups excluding tert-OH is 1. The van der Waals surface area contributed by atoms with Crippen LogP contribution in [-0.4, -0.2) is 5.11 Å². The second-order valence-electron chi connectivity index (χ2n) is 4.82. The number of rotatable bonds is 3. The summed E-state index contributed by atoms with van der Waals surface area (Å²) >= 11 is 3.37. The number of hydrogen-bond acceptors (Lipinski definition) is 1. The second kappa shape index (κ2) is 5.85. The summed E-state index contributed by atoms with van der Waals surface area (Å²) < 4.78 is 15.0. The molecule has 0 saturated heterocycles. The number of aliphatic hydroxyl groups is 1. The van der Waals surface area contributed by atoms with Crippen LogP contribution in [0.4, 0.5) is 4.39 Å². The molecule has 0 fully saturated rings. The molecule has 0 bridgehead atoms. The van der Waals surface area contributed by atoms with Gasteiger partial charge in [-0.25, -0.2) is 4.39 Å². The van der Waals surface area contributed by atoms with Gasteiger partial charge in [-0.2, -0.15) is 0 Å². The first-order valence-electron chi connectivity index (χ1n) is 6.16. The highest BCUT2D eigenvalue weighted by Crippen LogP contribution is 2.26. The van der Waals surface area contributed by atoms with Gasteiger partial charge in [0.05, 0.1) is 6.10 Å². The van der Waals surface area contributed by atoms with E-state index < -0.39 is 6.10 Å². The minimum atomic E-state index is -0.818. The molecule has 0 radical (unpaired) electrons. The van der Waals surface area contributed by atoms with Crippen LogP contribution in [0.25, 0.3) is 0 Å². The number of hydrogen-bond donors (Lipinski definition) is 1. The van der Waals surface area contributed by atoms with Crippen molar-refractivity contribution in [2.75, 3.05) is 0 Å². The van der Waals surface area contributed by atoms with Gasteiger partial charge in [0.25, 0.3) is 0 Å². The SMILES string of the molecule is Cc1cc(C)c(C(O)Cc2ccc(Br)cc2)c(F)c1. The molecule has 0 aliphatic rings. The van der Waals surface area contributed by atoms with E-state index in [1.807, 2.05) is 44.2 Å². The van der Waals surface area contributed by atoms with Gasteiger partial charge in [-0.3, -0.25) is 0 Å². The largest absolute Gasteiger partial charge is 0.388 e. The molecular weight excluding hydrogens is 307 g/mol. The van der Waals surface area contributed by atoms with E-state index in [2.05, 4.69) is 15.9 Å². The lowest BCUT2D eigenvalue weighted by atomic mass is 9.96. The minimum Gasteiger partial charge on any atom is -0.388 e. The zero-order valence-electron chi connectivity index (χ0n) is 11.0. The molecule has 0 aromatic heterocycles. The fraction of sp³-hybridized carbons (Fsp3) is 0.250. The molecule has 100 valence electrons. The van der Waals surface area contributed by atoms with Gasteiger partial charge in [-0.15, -0.1) is 0 Å². The second-order valence-corrected chi connectivity index (χ2v) is 5.74. The molecule has 3 heteroatoms. The third-order valence-electron chi connectivity index (χ3n) is 3.16. The van der Waals surface area contributed by atoms with Gasteiger partial charge in [0, 0.05) is 16.5 Å². The van der Waals surface area contributed by atoms with Crippen molar-refractivity contribution in [2.45, 2.75) is 26.4 Å². The Morgan fingerprint density at radius 1 is 1.16 bits per heavy atom. The first kappa shape index (κ1) is 14.2. The van der Waals surface area contributed by atoms with E-state index in [1.54, 1.807) is 0 Å². The summed E-state index contributed by atoms with van der Waals surface area (Å²) in [6.45, 7) is 3.68. The Balaban J connectivity index is 2.25. The molecular formula is C16H16BrFO. The predicted molar refractivity (Wildman–Crippen MR) is 78.7 cm³/mol. The summed E-state index contributed by atoms with van der Waals surface area (Å²) in [6, 6.07) is 11.0. The molecule has 2 rings (SSSR count). The van der Waals surface area contributed by atoms with Crippen LogP contribution in [0.3, 0.4) is 0 Å². The molecule has 0 heterocycles. The fourth-order valence-corrected chi connectivity index (χ4v) is 2.56. The van der Waals surface area contributed by atoms with Crippen LogP contribution in [-0.2, 0) is 6.42 Å². The quantitative estimate of drug-likeness (QED) is 0.883. The Morgan fingerprint density at radius 3 is 2.37 bits per heavy atom. The lowest BCUT2D eigenvalue weighted by molar-refractivity contribution is 0.173. The van der Waals surface area contributed by atoms with Crippen molar-refractivity contribution >= 4 is 15.9 Å². The summed E-state index contributed by atoms with van der Waals surface area (Å²) in [6.07, 6.45) is -0.407. The number of halogens is 2. The topological polar surface area (TPSA) is 20.2 Å². The molecule has 2 aromatic rings. The van der Waals surface area contributed by atoms with Crippen molar-refractivity contribution in [2.24, 2.45) is 0 Å². The average Bonchev–Trinajstić information content (AvgIpc) is 2.30. The van der Waals surface area contributed by atoms with Crippen LogP contribution in [0.1, 0.15) is 28.4 Å².